The van der Waals surface area contributed by atoms with E-state index in [1.807, 2.05) is 0 Å². The molecule has 1 fully saturated rings. The van der Waals surface area contributed by atoms with Gasteiger partial charge in [0.25, 0.3) is 0 Å². The molecule has 0 bridgehead atoms. The van der Waals surface area contributed by atoms with Crippen LogP contribution in [0.2, 0.25) is 0 Å². The second-order valence-electron chi connectivity index (χ2n) is 3.21. The number of hydrogen-bond acceptors (Lipinski definition) is 5. The van der Waals surface area contributed by atoms with Crippen molar-refractivity contribution in [2.75, 3.05) is 32.9 Å². The Kier molecular flexibility index (Phi) is 7.88. The predicted octanol–water partition coefficient (Wildman–Crippen LogP) is -0.924. The summed E-state index contributed by atoms with van der Waals surface area (Å²) < 4.78 is 9.81. The van der Waals surface area contributed by atoms with Gasteiger partial charge in [-0.05, 0) is 0 Å². The molecule has 0 aliphatic carbocycles. The molecule has 0 aromatic rings. The maximum atomic E-state index is 11.4. The fourth-order valence-corrected chi connectivity index (χ4v) is 1.23. The summed E-state index contributed by atoms with van der Waals surface area (Å²) in [4.78, 5) is 21.9. The first kappa shape index (κ1) is 15.2. The number of carbonyl (C=O) groups excluding carboxylic acids is 2. The monoisotopic (exact) mass is 252 g/mol. The summed E-state index contributed by atoms with van der Waals surface area (Å²) in [5.41, 5.74) is 0. The highest BCUT2D eigenvalue weighted by atomic mass is 35.5. The maximum Gasteiger partial charge on any atom is 0.302 e. The van der Waals surface area contributed by atoms with Gasteiger partial charge in [-0.25, -0.2) is 0 Å². The van der Waals surface area contributed by atoms with Gasteiger partial charge in [-0.3, -0.25) is 9.59 Å². The molecule has 94 valence electrons. The Morgan fingerprint density at radius 2 is 2.31 bits per heavy atom. The zero-order valence-corrected chi connectivity index (χ0v) is 9.97. The van der Waals surface area contributed by atoms with Crippen molar-refractivity contribution in [2.24, 2.45) is 0 Å². The van der Waals surface area contributed by atoms with E-state index in [9.17, 15) is 9.59 Å². The minimum absolute atomic E-state index is 0. The van der Waals surface area contributed by atoms with Crippen molar-refractivity contribution in [3.05, 3.63) is 0 Å². The van der Waals surface area contributed by atoms with Crippen LogP contribution < -0.4 is 10.6 Å². The van der Waals surface area contributed by atoms with Gasteiger partial charge in [-0.15, -0.1) is 12.4 Å². The molecule has 1 aliphatic rings. The van der Waals surface area contributed by atoms with Crippen molar-refractivity contribution in [2.45, 2.75) is 13.0 Å². The van der Waals surface area contributed by atoms with Gasteiger partial charge in [0.2, 0.25) is 5.91 Å². The summed E-state index contributed by atoms with van der Waals surface area (Å²) in [6.45, 7) is 3.57. The van der Waals surface area contributed by atoms with Crippen LogP contribution in [0.25, 0.3) is 0 Å². The van der Waals surface area contributed by atoms with Crippen LogP contribution in [0.4, 0.5) is 0 Å². The first-order valence-electron chi connectivity index (χ1n) is 4.92. The van der Waals surface area contributed by atoms with E-state index in [0.29, 0.717) is 26.3 Å². The molecule has 7 heteroatoms. The van der Waals surface area contributed by atoms with E-state index in [2.05, 4.69) is 15.4 Å². The lowest BCUT2D eigenvalue weighted by molar-refractivity contribution is -0.141. The van der Waals surface area contributed by atoms with Crippen LogP contribution >= 0.6 is 12.4 Å². The molecule has 16 heavy (non-hydrogen) atoms. The molecular formula is C9H17ClN2O4. The molecular weight excluding hydrogens is 236 g/mol. The summed E-state index contributed by atoms with van der Waals surface area (Å²) >= 11 is 0. The first-order valence-corrected chi connectivity index (χ1v) is 4.92. The third-order valence-corrected chi connectivity index (χ3v) is 1.94. The third kappa shape index (κ3) is 5.89. The van der Waals surface area contributed by atoms with Crippen molar-refractivity contribution in [3.8, 4) is 0 Å². The van der Waals surface area contributed by atoms with Crippen LogP contribution in [0.1, 0.15) is 6.92 Å². The smallest absolute Gasteiger partial charge is 0.302 e. The summed E-state index contributed by atoms with van der Waals surface area (Å²) in [7, 11) is 0. The first-order chi connectivity index (χ1) is 7.20. The van der Waals surface area contributed by atoms with Crippen molar-refractivity contribution >= 4 is 24.3 Å². The van der Waals surface area contributed by atoms with E-state index >= 15 is 0 Å². The number of carbonyl (C=O) groups is 2. The molecule has 1 amide bonds. The van der Waals surface area contributed by atoms with Gasteiger partial charge >= 0.3 is 5.97 Å². The number of amides is 1. The van der Waals surface area contributed by atoms with Crippen LogP contribution in [0.15, 0.2) is 0 Å². The standard InChI is InChI=1S/C9H16N2O4.ClH/c1-7(12)15-5-3-11-9(13)8-6-14-4-2-10-8;/h8,10H,2-6H2,1H3,(H,11,13);1H/t8-;/m0./s1. The number of morpholine rings is 1. The van der Waals surface area contributed by atoms with Crippen LogP contribution in [0.5, 0.6) is 0 Å². The lowest BCUT2D eigenvalue weighted by atomic mass is 10.2. The van der Waals surface area contributed by atoms with Crippen molar-refractivity contribution in [1.82, 2.24) is 10.6 Å². The molecule has 2 N–H and O–H groups in total. The van der Waals surface area contributed by atoms with E-state index in [1.54, 1.807) is 0 Å². The van der Waals surface area contributed by atoms with Gasteiger partial charge in [0, 0.05) is 13.5 Å². The van der Waals surface area contributed by atoms with Crippen LogP contribution in [0, 0.1) is 0 Å². The molecule has 0 saturated carbocycles. The molecule has 0 aromatic heterocycles. The highest BCUT2D eigenvalue weighted by Gasteiger charge is 2.20. The lowest BCUT2D eigenvalue weighted by Gasteiger charge is -2.22. The van der Waals surface area contributed by atoms with Gasteiger partial charge in [-0.2, -0.15) is 0 Å². The quantitative estimate of drug-likeness (QED) is 0.500. The Morgan fingerprint density at radius 3 is 2.88 bits per heavy atom. The Hall–Kier alpha value is -0.850. The third-order valence-electron chi connectivity index (χ3n) is 1.94. The van der Waals surface area contributed by atoms with Crippen LogP contribution in [-0.2, 0) is 19.1 Å². The second kappa shape index (κ2) is 8.32. The van der Waals surface area contributed by atoms with Gasteiger partial charge in [0.15, 0.2) is 0 Å². The Labute approximate surface area is 100 Å². The minimum atomic E-state index is -0.344. The molecule has 0 spiro atoms. The summed E-state index contributed by atoms with van der Waals surface area (Å²) in [5, 5.41) is 5.67. The van der Waals surface area contributed by atoms with Crippen molar-refractivity contribution in [3.63, 3.8) is 0 Å². The predicted molar refractivity (Wildman–Crippen MR) is 59.5 cm³/mol. The highest BCUT2D eigenvalue weighted by molar-refractivity contribution is 5.85. The zero-order valence-electron chi connectivity index (χ0n) is 9.15. The van der Waals surface area contributed by atoms with E-state index in [0.717, 1.165) is 0 Å². The normalized spacial score (nSPS) is 19.4. The van der Waals surface area contributed by atoms with Gasteiger partial charge in [-0.1, -0.05) is 0 Å². The molecule has 1 rings (SSSR count). The number of halogens is 1. The van der Waals surface area contributed by atoms with Crippen LogP contribution in [-0.4, -0.2) is 50.8 Å². The Balaban J connectivity index is 0.00000225. The fraction of sp³-hybridized carbons (Fsp3) is 0.778. The van der Waals surface area contributed by atoms with Crippen LogP contribution in [0.3, 0.4) is 0 Å². The number of hydrogen-bond donors (Lipinski definition) is 2. The van der Waals surface area contributed by atoms with Gasteiger partial charge in [0.1, 0.15) is 12.6 Å². The summed E-state index contributed by atoms with van der Waals surface area (Å²) in [6.07, 6.45) is 0. The topological polar surface area (TPSA) is 76.7 Å². The molecule has 6 nitrogen and oxygen atoms in total. The highest BCUT2D eigenvalue weighted by Crippen LogP contribution is 1.92. The second-order valence-corrected chi connectivity index (χ2v) is 3.21. The largest absolute Gasteiger partial charge is 0.464 e. The van der Waals surface area contributed by atoms with E-state index < -0.39 is 0 Å². The summed E-state index contributed by atoms with van der Waals surface area (Å²) in [5.74, 6) is -0.467. The Bertz CT molecular complexity index is 232. The minimum Gasteiger partial charge on any atom is -0.464 e. The molecule has 1 aliphatic heterocycles. The van der Waals surface area contributed by atoms with Gasteiger partial charge < -0.3 is 20.1 Å². The molecule has 0 unspecified atom stereocenters. The van der Waals surface area contributed by atoms with Crippen molar-refractivity contribution < 1.29 is 19.1 Å². The number of rotatable bonds is 4. The fourth-order valence-electron chi connectivity index (χ4n) is 1.23. The van der Waals surface area contributed by atoms with E-state index in [1.165, 1.54) is 6.92 Å². The van der Waals surface area contributed by atoms with Crippen molar-refractivity contribution in [1.29, 1.82) is 0 Å². The SMILES string of the molecule is CC(=O)OCCNC(=O)[C@@H]1COCCN1.Cl. The number of nitrogens with one attached hydrogen (secondary N) is 2. The molecule has 1 heterocycles. The molecule has 0 aromatic carbocycles. The lowest BCUT2D eigenvalue weighted by Crippen LogP contribution is -2.51. The summed E-state index contributed by atoms with van der Waals surface area (Å²) in [6, 6.07) is -0.295. The number of esters is 1. The number of ether oxygens (including phenoxy) is 2. The average Bonchev–Trinajstić information content (AvgIpc) is 2.25. The zero-order chi connectivity index (χ0) is 11.1. The molecule has 1 saturated heterocycles. The van der Waals surface area contributed by atoms with Gasteiger partial charge in [0.05, 0.1) is 19.8 Å². The maximum absolute atomic E-state index is 11.4. The van der Waals surface area contributed by atoms with E-state index in [-0.39, 0.29) is 36.9 Å². The van der Waals surface area contributed by atoms with E-state index in [4.69, 9.17) is 4.74 Å². The molecule has 1 atom stereocenters. The molecule has 0 radical (unpaired) electrons. The average molecular weight is 253 g/mol. The Morgan fingerprint density at radius 1 is 1.56 bits per heavy atom.